The molecule has 0 bridgehead atoms. The molecular formula is C15H24O7. The zero-order valence-electron chi connectivity index (χ0n) is 14.0. The Bertz CT molecular complexity index is 467. The monoisotopic (exact) mass is 316 g/mol. The number of rotatable bonds is 5. The fourth-order valence-electron chi connectivity index (χ4n) is 2.84. The molecule has 1 saturated carbocycles. The van der Waals surface area contributed by atoms with E-state index in [4.69, 9.17) is 9.47 Å². The third-order valence-electron chi connectivity index (χ3n) is 4.95. The molecule has 1 atom stereocenters. The Morgan fingerprint density at radius 3 is 2.05 bits per heavy atom. The Labute approximate surface area is 130 Å². The maximum Gasteiger partial charge on any atom is 0.379 e. The van der Waals surface area contributed by atoms with Crippen LogP contribution in [0.2, 0.25) is 0 Å². The minimum absolute atomic E-state index is 0.242. The Hall–Kier alpha value is -1.63. The average molecular weight is 316 g/mol. The van der Waals surface area contributed by atoms with Gasteiger partial charge in [-0.3, -0.25) is 9.68 Å². The summed E-state index contributed by atoms with van der Waals surface area (Å²) in [5.74, 6) is -2.16. The van der Waals surface area contributed by atoms with Crippen LogP contribution in [0, 0.1) is 10.8 Å². The van der Waals surface area contributed by atoms with Crippen molar-refractivity contribution in [1.82, 2.24) is 0 Å². The molecule has 0 N–H and O–H groups in total. The maximum atomic E-state index is 12.6. The first-order valence-corrected chi connectivity index (χ1v) is 7.10. The summed E-state index contributed by atoms with van der Waals surface area (Å²) < 4.78 is 10.4. The van der Waals surface area contributed by atoms with Crippen molar-refractivity contribution in [3.63, 3.8) is 0 Å². The third-order valence-corrected chi connectivity index (χ3v) is 4.95. The molecule has 1 rings (SSSR count). The lowest BCUT2D eigenvalue weighted by molar-refractivity contribution is -0.258. The zero-order valence-corrected chi connectivity index (χ0v) is 14.0. The van der Waals surface area contributed by atoms with E-state index in [-0.39, 0.29) is 5.41 Å². The standard InChI is InChI=1S/C15H24O7/c1-10(16)21-15(8-7-13(2,3)14(15,4)5)12(18)20-9-11(17)22-19-6/h7-9H2,1-6H3. The second kappa shape index (κ2) is 6.24. The molecule has 22 heavy (non-hydrogen) atoms. The van der Waals surface area contributed by atoms with Gasteiger partial charge in [-0.05, 0) is 18.3 Å². The average Bonchev–Trinajstić information content (AvgIpc) is 2.56. The number of ether oxygens (including phenoxy) is 2. The molecule has 0 saturated heterocycles. The first-order chi connectivity index (χ1) is 10.00. The fourth-order valence-corrected chi connectivity index (χ4v) is 2.84. The second-order valence-electron chi connectivity index (χ2n) is 6.63. The summed E-state index contributed by atoms with van der Waals surface area (Å²) in [6.07, 6.45) is 1.02. The Kier molecular flexibility index (Phi) is 5.22. The molecule has 0 amide bonds. The van der Waals surface area contributed by atoms with Crippen LogP contribution in [0.1, 0.15) is 47.5 Å². The van der Waals surface area contributed by atoms with Crippen LogP contribution in [0.25, 0.3) is 0 Å². The van der Waals surface area contributed by atoms with Crippen molar-refractivity contribution in [2.45, 2.75) is 53.1 Å². The van der Waals surface area contributed by atoms with Crippen molar-refractivity contribution >= 4 is 17.9 Å². The van der Waals surface area contributed by atoms with Crippen LogP contribution >= 0.6 is 0 Å². The Morgan fingerprint density at radius 1 is 1.05 bits per heavy atom. The quantitative estimate of drug-likeness (QED) is 0.434. The fraction of sp³-hybridized carbons (Fsp3) is 0.800. The zero-order chi connectivity index (χ0) is 17.2. The molecule has 0 aromatic rings. The lowest BCUT2D eigenvalue weighted by Gasteiger charge is -2.44. The summed E-state index contributed by atoms with van der Waals surface area (Å²) >= 11 is 0. The first-order valence-electron chi connectivity index (χ1n) is 7.10. The van der Waals surface area contributed by atoms with E-state index in [0.29, 0.717) is 12.8 Å². The lowest BCUT2D eigenvalue weighted by atomic mass is 9.65. The number of hydrogen-bond acceptors (Lipinski definition) is 7. The highest BCUT2D eigenvalue weighted by Gasteiger charge is 2.66. The molecule has 1 aliphatic carbocycles. The number of hydrogen-bond donors (Lipinski definition) is 0. The van der Waals surface area contributed by atoms with Gasteiger partial charge in [0.1, 0.15) is 0 Å². The Balaban J connectivity index is 3.01. The number of carbonyl (C=O) groups excluding carboxylic acids is 3. The van der Waals surface area contributed by atoms with Gasteiger partial charge in [-0.2, -0.15) is 4.89 Å². The second-order valence-corrected chi connectivity index (χ2v) is 6.63. The van der Waals surface area contributed by atoms with Gasteiger partial charge in [-0.15, -0.1) is 0 Å². The van der Waals surface area contributed by atoms with E-state index < -0.39 is 35.5 Å². The van der Waals surface area contributed by atoms with Crippen LogP contribution < -0.4 is 0 Å². The van der Waals surface area contributed by atoms with Crippen molar-refractivity contribution in [3.05, 3.63) is 0 Å². The highest BCUT2D eigenvalue weighted by atomic mass is 17.2. The number of carbonyl (C=O) groups is 3. The van der Waals surface area contributed by atoms with Crippen LogP contribution in [0.15, 0.2) is 0 Å². The minimum Gasteiger partial charge on any atom is -0.451 e. The molecular weight excluding hydrogens is 292 g/mol. The molecule has 0 aromatic heterocycles. The predicted molar refractivity (Wildman–Crippen MR) is 75.4 cm³/mol. The number of esters is 2. The van der Waals surface area contributed by atoms with Crippen LogP contribution in [-0.2, 0) is 33.6 Å². The van der Waals surface area contributed by atoms with Crippen molar-refractivity contribution in [1.29, 1.82) is 0 Å². The molecule has 0 aromatic carbocycles. The molecule has 0 heterocycles. The summed E-state index contributed by atoms with van der Waals surface area (Å²) in [6, 6.07) is 0. The van der Waals surface area contributed by atoms with Crippen molar-refractivity contribution < 1.29 is 33.6 Å². The van der Waals surface area contributed by atoms with Crippen molar-refractivity contribution in [3.8, 4) is 0 Å². The van der Waals surface area contributed by atoms with Crippen LogP contribution in [0.3, 0.4) is 0 Å². The lowest BCUT2D eigenvalue weighted by Crippen LogP contribution is -2.55. The van der Waals surface area contributed by atoms with E-state index in [1.54, 1.807) is 0 Å². The topological polar surface area (TPSA) is 88.1 Å². The van der Waals surface area contributed by atoms with Gasteiger partial charge < -0.3 is 9.47 Å². The van der Waals surface area contributed by atoms with Gasteiger partial charge in [-0.25, -0.2) is 9.59 Å². The van der Waals surface area contributed by atoms with Gasteiger partial charge in [0.15, 0.2) is 6.61 Å². The molecule has 0 radical (unpaired) electrons. The van der Waals surface area contributed by atoms with Crippen molar-refractivity contribution in [2.75, 3.05) is 13.7 Å². The normalized spacial score (nSPS) is 25.4. The predicted octanol–water partition coefficient (Wildman–Crippen LogP) is 1.78. The van der Waals surface area contributed by atoms with E-state index in [9.17, 15) is 14.4 Å². The third kappa shape index (κ3) is 3.09. The summed E-state index contributed by atoms with van der Waals surface area (Å²) in [4.78, 5) is 43.8. The van der Waals surface area contributed by atoms with Gasteiger partial charge in [-0.1, -0.05) is 27.7 Å². The molecule has 7 nitrogen and oxygen atoms in total. The van der Waals surface area contributed by atoms with Crippen molar-refractivity contribution in [2.24, 2.45) is 10.8 Å². The van der Waals surface area contributed by atoms with Gasteiger partial charge in [0.05, 0.1) is 7.11 Å². The van der Waals surface area contributed by atoms with Crippen LogP contribution in [0.5, 0.6) is 0 Å². The molecule has 1 fully saturated rings. The first kappa shape index (κ1) is 18.4. The van der Waals surface area contributed by atoms with Gasteiger partial charge >= 0.3 is 17.9 Å². The summed E-state index contributed by atoms with van der Waals surface area (Å²) in [5, 5.41) is 0. The smallest absolute Gasteiger partial charge is 0.379 e. The molecule has 126 valence electrons. The maximum absolute atomic E-state index is 12.6. The minimum atomic E-state index is -1.42. The van der Waals surface area contributed by atoms with E-state index in [1.807, 2.05) is 27.7 Å². The van der Waals surface area contributed by atoms with E-state index in [1.165, 1.54) is 14.0 Å². The van der Waals surface area contributed by atoms with Crippen LogP contribution in [0.4, 0.5) is 0 Å². The molecule has 7 heteroatoms. The highest BCUT2D eigenvalue weighted by Crippen LogP contribution is 2.59. The largest absolute Gasteiger partial charge is 0.451 e. The van der Waals surface area contributed by atoms with E-state index >= 15 is 0 Å². The molecule has 1 aliphatic rings. The van der Waals surface area contributed by atoms with Gasteiger partial charge in [0.2, 0.25) is 5.60 Å². The highest BCUT2D eigenvalue weighted by molar-refractivity contribution is 5.86. The molecule has 0 spiro atoms. The summed E-state index contributed by atoms with van der Waals surface area (Å²) in [6.45, 7) is 8.37. The van der Waals surface area contributed by atoms with E-state index in [0.717, 1.165) is 0 Å². The molecule has 0 aliphatic heterocycles. The Morgan fingerprint density at radius 2 is 1.64 bits per heavy atom. The SMILES string of the molecule is COOC(=O)COC(=O)C1(OC(C)=O)CCC(C)(C)C1(C)C. The van der Waals surface area contributed by atoms with E-state index in [2.05, 4.69) is 9.78 Å². The van der Waals surface area contributed by atoms with Gasteiger partial charge in [0, 0.05) is 12.3 Å². The summed E-state index contributed by atoms with van der Waals surface area (Å²) in [7, 11) is 1.17. The molecule has 1 unspecified atom stereocenters. The van der Waals surface area contributed by atoms with Crippen LogP contribution in [-0.4, -0.2) is 37.2 Å². The van der Waals surface area contributed by atoms with Gasteiger partial charge in [0.25, 0.3) is 0 Å². The summed E-state index contributed by atoms with van der Waals surface area (Å²) in [5.41, 5.74) is -2.32.